The minimum absolute atomic E-state index is 0.0793. The molecule has 4 N–H and O–H groups in total. The molecule has 0 saturated heterocycles. The summed E-state index contributed by atoms with van der Waals surface area (Å²) in [5, 5.41) is 1.48. The molecule has 0 aliphatic heterocycles. The summed E-state index contributed by atoms with van der Waals surface area (Å²) in [6.07, 6.45) is 0. The van der Waals surface area contributed by atoms with E-state index in [1.165, 1.54) is 11.1 Å². The lowest BCUT2D eigenvalue weighted by molar-refractivity contribution is 1.17. The first-order chi connectivity index (χ1) is 10.9. The number of benzene rings is 2. The van der Waals surface area contributed by atoms with Crippen molar-refractivity contribution in [2.24, 2.45) is 16.5 Å². The molecule has 2 aromatic carbocycles. The molecule has 0 aliphatic rings. The van der Waals surface area contributed by atoms with Crippen LogP contribution in [0.1, 0.15) is 11.1 Å². The second-order valence-electron chi connectivity index (χ2n) is 5.37. The molecule has 0 unspecified atom stereocenters. The number of aromatic nitrogens is 2. The van der Waals surface area contributed by atoms with E-state index >= 15 is 0 Å². The van der Waals surface area contributed by atoms with E-state index in [0.29, 0.717) is 5.02 Å². The molecule has 0 bridgehead atoms. The first-order valence-corrected chi connectivity index (χ1v) is 7.46. The van der Waals surface area contributed by atoms with Crippen LogP contribution in [0.4, 0.5) is 5.95 Å². The lowest BCUT2D eigenvalue weighted by atomic mass is 10.0. The van der Waals surface area contributed by atoms with Gasteiger partial charge >= 0.3 is 0 Å². The fourth-order valence-electron chi connectivity index (χ4n) is 2.36. The van der Waals surface area contributed by atoms with Gasteiger partial charge in [-0.25, -0.2) is 9.97 Å². The molecule has 3 aromatic rings. The van der Waals surface area contributed by atoms with Crippen molar-refractivity contribution >= 4 is 34.4 Å². The number of rotatable bonds is 2. The van der Waals surface area contributed by atoms with Crippen LogP contribution in [0.5, 0.6) is 0 Å². The molecule has 5 nitrogen and oxygen atoms in total. The molecular formula is C17H16ClN5. The highest BCUT2D eigenvalue weighted by atomic mass is 35.5. The fraction of sp³-hybridized carbons (Fsp3) is 0.118. The van der Waals surface area contributed by atoms with Crippen molar-refractivity contribution in [3.8, 4) is 11.3 Å². The molecule has 0 saturated carbocycles. The van der Waals surface area contributed by atoms with Crippen LogP contribution in [0.15, 0.2) is 41.4 Å². The Balaban J connectivity index is 2.33. The van der Waals surface area contributed by atoms with Crippen LogP contribution in [0, 0.1) is 13.8 Å². The normalized spacial score (nSPS) is 10.7. The van der Waals surface area contributed by atoms with Gasteiger partial charge in [0.2, 0.25) is 0 Å². The predicted octanol–water partition coefficient (Wildman–Crippen LogP) is 3.47. The molecule has 1 heterocycles. The van der Waals surface area contributed by atoms with E-state index in [-0.39, 0.29) is 11.9 Å². The van der Waals surface area contributed by atoms with Gasteiger partial charge in [0.15, 0.2) is 5.96 Å². The topological polar surface area (TPSA) is 90.2 Å². The Kier molecular flexibility index (Phi) is 3.88. The fourth-order valence-corrected chi connectivity index (χ4v) is 2.53. The molecule has 1 aromatic heterocycles. The summed E-state index contributed by atoms with van der Waals surface area (Å²) >= 11 is 6.14. The second-order valence-corrected chi connectivity index (χ2v) is 5.81. The third-order valence-electron chi connectivity index (χ3n) is 3.66. The molecule has 0 aliphatic carbocycles. The lowest BCUT2D eigenvalue weighted by Gasteiger charge is -2.09. The second kappa shape index (κ2) is 5.85. The van der Waals surface area contributed by atoms with Crippen LogP contribution in [0.3, 0.4) is 0 Å². The minimum atomic E-state index is -0.0793. The van der Waals surface area contributed by atoms with Crippen LogP contribution in [0.25, 0.3) is 22.2 Å². The van der Waals surface area contributed by atoms with Gasteiger partial charge in [0.1, 0.15) is 0 Å². The number of aliphatic imine (C=N–C) groups is 1. The van der Waals surface area contributed by atoms with Gasteiger partial charge in [-0.05, 0) is 49.2 Å². The van der Waals surface area contributed by atoms with E-state index in [1.54, 1.807) is 6.07 Å². The highest BCUT2D eigenvalue weighted by molar-refractivity contribution is 6.31. The Morgan fingerprint density at radius 3 is 2.48 bits per heavy atom. The summed E-state index contributed by atoms with van der Waals surface area (Å²) in [5.41, 5.74) is 15.8. The number of hydrogen-bond donors (Lipinski definition) is 2. The van der Waals surface area contributed by atoms with Crippen molar-refractivity contribution in [3.63, 3.8) is 0 Å². The predicted molar refractivity (Wildman–Crippen MR) is 94.9 cm³/mol. The molecular weight excluding hydrogens is 310 g/mol. The number of hydrogen-bond acceptors (Lipinski definition) is 3. The molecule has 0 radical (unpaired) electrons. The van der Waals surface area contributed by atoms with Crippen LogP contribution in [-0.2, 0) is 0 Å². The summed E-state index contributed by atoms with van der Waals surface area (Å²) in [5.74, 6) is 0.150. The summed E-state index contributed by atoms with van der Waals surface area (Å²) in [6, 6.07) is 11.6. The van der Waals surface area contributed by atoms with Crippen molar-refractivity contribution in [1.82, 2.24) is 9.97 Å². The Bertz CT molecular complexity index is 930. The van der Waals surface area contributed by atoms with Gasteiger partial charge in [-0.15, -0.1) is 0 Å². The van der Waals surface area contributed by atoms with Gasteiger partial charge in [0.05, 0.1) is 11.2 Å². The molecule has 0 fully saturated rings. The lowest BCUT2D eigenvalue weighted by Crippen LogP contribution is -2.22. The first-order valence-electron chi connectivity index (χ1n) is 7.08. The zero-order valence-corrected chi connectivity index (χ0v) is 13.6. The summed E-state index contributed by atoms with van der Waals surface area (Å²) in [6.45, 7) is 4.13. The highest BCUT2D eigenvalue weighted by Crippen LogP contribution is 2.31. The maximum atomic E-state index is 6.14. The summed E-state index contributed by atoms with van der Waals surface area (Å²) < 4.78 is 0. The maximum Gasteiger partial charge on any atom is 0.253 e. The van der Waals surface area contributed by atoms with Gasteiger partial charge in [-0.1, -0.05) is 23.7 Å². The number of aryl methyl sites for hydroxylation is 2. The molecule has 0 amide bonds. The zero-order valence-electron chi connectivity index (χ0n) is 12.8. The molecule has 3 rings (SSSR count). The van der Waals surface area contributed by atoms with Crippen molar-refractivity contribution in [1.29, 1.82) is 0 Å². The first kappa shape index (κ1) is 15.2. The van der Waals surface area contributed by atoms with Gasteiger partial charge in [0, 0.05) is 16.0 Å². The average Bonchev–Trinajstić information content (AvgIpc) is 2.49. The van der Waals surface area contributed by atoms with Crippen LogP contribution < -0.4 is 11.5 Å². The third-order valence-corrected chi connectivity index (χ3v) is 3.89. The van der Waals surface area contributed by atoms with E-state index in [4.69, 9.17) is 23.1 Å². The zero-order chi connectivity index (χ0) is 16.6. The average molecular weight is 326 g/mol. The highest BCUT2D eigenvalue weighted by Gasteiger charge is 2.11. The summed E-state index contributed by atoms with van der Waals surface area (Å²) in [4.78, 5) is 12.8. The number of guanidine groups is 1. The number of nitrogens with two attached hydrogens (primary N) is 2. The molecule has 23 heavy (non-hydrogen) atoms. The van der Waals surface area contributed by atoms with Gasteiger partial charge in [-0.2, -0.15) is 4.99 Å². The Hall–Kier alpha value is -2.66. The minimum Gasteiger partial charge on any atom is -0.370 e. The molecule has 116 valence electrons. The SMILES string of the molecule is Cc1ccc(-c2nc(N=C(N)N)nc3ccc(Cl)cc23)cc1C. The Labute approximate surface area is 139 Å². The van der Waals surface area contributed by atoms with Crippen molar-refractivity contribution < 1.29 is 0 Å². The van der Waals surface area contributed by atoms with E-state index in [0.717, 1.165) is 22.2 Å². The van der Waals surface area contributed by atoms with Crippen molar-refractivity contribution in [3.05, 3.63) is 52.5 Å². The number of nitrogens with zero attached hydrogens (tertiary/aromatic N) is 3. The van der Waals surface area contributed by atoms with Crippen molar-refractivity contribution in [2.45, 2.75) is 13.8 Å². The maximum absolute atomic E-state index is 6.14. The van der Waals surface area contributed by atoms with E-state index in [1.807, 2.05) is 18.2 Å². The van der Waals surface area contributed by atoms with Gasteiger partial charge in [-0.3, -0.25) is 0 Å². The smallest absolute Gasteiger partial charge is 0.253 e. The molecule has 0 atom stereocenters. The van der Waals surface area contributed by atoms with Crippen LogP contribution in [-0.4, -0.2) is 15.9 Å². The molecule has 6 heteroatoms. The number of fused-ring (bicyclic) bond motifs is 1. The third kappa shape index (κ3) is 3.10. The molecule has 0 spiro atoms. The number of halogens is 1. The van der Waals surface area contributed by atoms with Gasteiger partial charge < -0.3 is 11.5 Å². The van der Waals surface area contributed by atoms with E-state index in [2.05, 4.69) is 40.9 Å². The Morgan fingerprint density at radius 2 is 1.78 bits per heavy atom. The van der Waals surface area contributed by atoms with E-state index in [9.17, 15) is 0 Å². The van der Waals surface area contributed by atoms with E-state index < -0.39 is 0 Å². The quantitative estimate of drug-likeness (QED) is 0.557. The monoisotopic (exact) mass is 325 g/mol. The largest absolute Gasteiger partial charge is 0.370 e. The standard InChI is InChI=1S/C17H16ClN5/c1-9-3-4-11(7-10(9)2)15-13-8-12(18)5-6-14(13)21-17(22-15)23-16(19)20/h3-8H,1-2H3,(H4,19,20,21,22,23). The van der Waals surface area contributed by atoms with Crippen molar-refractivity contribution in [2.75, 3.05) is 0 Å². The Morgan fingerprint density at radius 1 is 1.00 bits per heavy atom. The van der Waals surface area contributed by atoms with Gasteiger partial charge in [0.25, 0.3) is 5.95 Å². The van der Waals surface area contributed by atoms with Crippen LogP contribution >= 0.6 is 11.6 Å². The van der Waals surface area contributed by atoms with Crippen LogP contribution in [0.2, 0.25) is 5.02 Å². The summed E-state index contributed by atoms with van der Waals surface area (Å²) in [7, 11) is 0.